The van der Waals surface area contributed by atoms with Crippen molar-refractivity contribution in [3.8, 4) is 5.75 Å². The van der Waals surface area contributed by atoms with Gasteiger partial charge in [-0.1, -0.05) is 43.7 Å². The van der Waals surface area contributed by atoms with Gasteiger partial charge in [-0.2, -0.15) is 0 Å². The summed E-state index contributed by atoms with van der Waals surface area (Å²) in [5.41, 5.74) is 4.08. The minimum absolute atomic E-state index is 0.0185. The summed E-state index contributed by atoms with van der Waals surface area (Å²) in [6, 6.07) is 8.14. The lowest BCUT2D eigenvalue weighted by Crippen LogP contribution is -2.51. The highest BCUT2D eigenvalue weighted by Gasteiger charge is 2.59. The van der Waals surface area contributed by atoms with E-state index in [0.29, 0.717) is 17.8 Å². The molecule has 2 N–H and O–H groups in total. The first kappa shape index (κ1) is 20.3. The minimum Gasteiger partial charge on any atom is -0.497 e. The highest BCUT2D eigenvalue weighted by Crippen LogP contribution is 2.65. The maximum Gasteiger partial charge on any atom is 0.118 e. The average molecular weight is 409 g/mol. The van der Waals surface area contributed by atoms with Gasteiger partial charge in [0.2, 0.25) is 0 Å². The molecule has 1 aromatic rings. The molecule has 0 unspecified atom stereocenters. The molecule has 3 fully saturated rings. The summed E-state index contributed by atoms with van der Waals surface area (Å²) >= 11 is 0. The van der Waals surface area contributed by atoms with Crippen LogP contribution >= 0.6 is 0 Å². The fraction of sp³-hybridized carbons (Fsp3) is 0.630. The SMILES string of the molecule is COc1ccc(/C=C2\C[C@@H]3[C@@H]4CC=C5C[C@H](O)CC[C@]5(C)[C@H]4CC[C@]3(C)[C@H]2O)cc1. The van der Waals surface area contributed by atoms with Crippen molar-refractivity contribution in [3.05, 3.63) is 47.1 Å². The van der Waals surface area contributed by atoms with Gasteiger partial charge < -0.3 is 14.9 Å². The van der Waals surface area contributed by atoms with Crippen LogP contribution in [0.2, 0.25) is 0 Å². The van der Waals surface area contributed by atoms with Gasteiger partial charge in [-0.05, 0) is 91.4 Å². The van der Waals surface area contributed by atoms with Crippen molar-refractivity contribution in [2.45, 2.75) is 71.0 Å². The molecule has 4 aliphatic carbocycles. The fourth-order valence-electron chi connectivity index (χ4n) is 7.55. The van der Waals surface area contributed by atoms with Crippen molar-refractivity contribution in [1.82, 2.24) is 0 Å². The normalized spacial score (nSPS) is 44.1. The van der Waals surface area contributed by atoms with Gasteiger partial charge in [0.25, 0.3) is 0 Å². The van der Waals surface area contributed by atoms with Crippen molar-refractivity contribution < 1.29 is 14.9 Å². The monoisotopic (exact) mass is 408 g/mol. The Morgan fingerprint density at radius 1 is 1.00 bits per heavy atom. The molecular weight excluding hydrogens is 372 g/mol. The van der Waals surface area contributed by atoms with Gasteiger partial charge in [-0.15, -0.1) is 0 Å². The van der Waals surface area contributed by atoms with Gasteiger partial charge in [0, 0.05) is 5.41 Å². The van der Waals surface area contributed by atoms with E-state index in [4.69, 9.17) is 4.74 Å². The van der Waals surface area contributed by atoms with Gasteiger partial charge in [0.05, 0.1) is 19.3 Å². The summed E-state index contributed by atoms with van der Waals surface area (Å²) in [6.45, 7) is 4.79. The molecule has 5 rings (SSSR count). The third-order valence-corrected chi connectivity index (χ3v) is 9.41. The second kappa shape index (κ2) is 7.24. The number of aliphatic hydroxyl groups excluding tert-OH is 2. The molecule has 0 amide bonds. The molecule has 3 saturated carbocycles. The maximum atomic E-state index is 11.4. The molecule has 162 valence electrons. The van der Waals surface area contributed by atoms with Crippen LogP contribution < -0.4 is 4.74 Å². The second-order valence-electron chi connectivity index (χ2n) is 10.8. The Hall–Kier alpha value is -1.58. The molecule has 0 aromatic heterocycles. The zero-order valence-corrected chi connectivity index (χ0v) is 18.6. The molecule has 0 heterocycles. The molecule has 0 aliphatic heterocycles. The molecule has 3 nitrogen and oxygen atoms in total. The number of ether oxygens (including phenoxy) is 1. The van der Waals surface area contributed by atoms with Crippen LogP contribution in [0.15, 0.2) is 41.5 Å². The summed E-state index contributed by atoms with van der Waals surface area (Å²) in [7, 11) is 1.69. The number of hydrogen-bond acceptors (Lipinski definition) is 3. The Labute approximate surface area is 180 Å². The summed E-state index contributed by atoms with van der Waals surface area (Å²) in [6.07, 6.45) is 11.5. The molecule has 0 spiro atoms. The Kier molecular flexibility index (Phi) is 4.91. The largest absolute Gasteiger partial charge is 0.497 e. The summed E-state index contributed by atoms with van der Waals surface area (Å²) in [5, 5.41) is 21.6. The van der Waals surface area contributed by atoms with Gasteiger partial charge in [0.15, 0.2) is 0 Å². The zero-order valence-electron chi connectivity index (χ0n) is 18.6. The van der Waals surface area contributed by atoms with Crippen LogP contribution in [-0.4, -0.2) is 29.5 Å². The average Bonchev–Trinajstić information content (AvgIpc) is 3.00. The first-order valence-electron chi connectivity index (χ1n) is 11.8. The van der Waals surface area contributed by atoms with Crippen LogP contribution in [0.25, 0.3) is 6.08 Å². The van der Waals surface area contributed by atoms with E-state index in [9.17, 15) is 10.2 Å². The van der Waals surface area contributed by atoms with Crippen molar-refractivity contribution in [2.75, 3.05) is 7.11 Å². The molecule has 0 radical (unpaired) electrons. The molecule has 0 saturated heterocycles. The van der Waals surface area contributed by atoms with E-state index in [1.54, 1.807) is 7.11 Å². The number of benzene rings is 1. The van der Waals surface area contributed by atoms with E-state index in [2.05, 4.69) is 38.1 Å². The van der Waals surface area contributed by atoms with E-state index in [1.807, 2.05) is 12.1 Å². The van der Waals surface area contributed by atoms with Crippen molar-refractivity contribution in [1.29, 1.82) is 0 Å². The molecule has 1 aromatic carbocycles. The number of allylic oxidation sites excluding steroid dienone is 1. The van der Waals surface area contributed by atoms with Crippen molar-refractivity contribution in [3.63, 3.8) is 0 Å². The molecule has 4 aliphatic rings. The lowest BCUT2D eigenvalue weighted by Gasteiger charge is -2.57. The van der Waals surface area contributed by atoms with Gasteiger partial charge in [-0.25, -0.2) is 0 Å². The molecule has 30 heavy (non-hydrogen) atoms. The quantitative estimate of drug-likeness (QED) is 0.647. The minimum atomic E-state index is -0.350. The zero-order chi connectivity index (χ0) is 21.1. The van der Waals surface area contributed by atoms with E-state index >= 15 is 0 Å². The second-order valence-corrected chi connectivity index (χ2v) is 10.8. The lowest BCUT2D eigenvalue weighted by molar-refractivity contribution is -0.0685. The Bertz CT molecular complexity index is 869. The molecule has 3 heteroatoms. The van der Waals surface area contributed by atoms with Gasteiger partial charge in [-0.3, -0.25) is 0 Å². The number of fused-ring (bicyclic) bond motifs is 5. The van der Waals surface area contributed by atoms with Crippen LogP contribution in [0.3, 0.4) is 0 Å². The van der Waals surface area contributed by atoms with Gasteiger partial charge in [0.1, 0.15) is 5.75 Å². The topological polar surface area (TPSA) is 49.7 Å². The number of rotatable bonds is 2. The van der Waals surface area contributed by atoms with Crippen molar-refractivity contribution in [2.24, 2.45) is 28.6 Å². The standard InChI is InChI=1S/C27H36O3/c1-26-12-10-20(28)16-19(26)6-9-22-23(26)11-13-27(2)24(22)15-18(25(27)29)14-17-4-7-21(30-3)8-5-17/h4-8,14,20,22-25,28-29H,9-13,15-16H2,1-3H3/b18-14+/t20-,22-,23+,24-,25+,26+,27+/m1/s1. The van der Waals surface area contributed by atoms with E-state index in [0.717, 1.165) is 49.8 Å². The van der Waals surface area contributed by atoms with E-state index in [1.165, 1.54) is 17.6 Å². The smallest absolute Gasteiger partial charge is 0.118 e. The first-order chi connectivity index (χ1) is 14.3. The Morgan fingerprint density at radius 2 is 1.77 bits per heavy atom. The number of methoxy groups -OCH3 is 1. The first-order valence-corrected chi connectivity index (χ1v) is 11.8. The fourth-order valence-corrected chi connectivity index (χ4v) is 7.55. The van der Waals surface area contributed by atoms with Crippen LogP contribution in [0, 0.1) is 28.6 Å². The Morgan fingerprint density at radius 3 is 2.50 bits per heavy atom. The molecule has 0 bridgehead atoms. The third-order valence-electron chi connectivity index (χ3n) is 9.41. The van der Waals surface area contributed by atoms with E-state index < -0.39 is 0 Å². The predicted molar refractivity (Wildman–Crippen MR) is 120 cm³/mol. The van der Waals surface area contributed by atoms with Crippen LogP contribution in [0.5, 0.6) is 5.75 Å². The van der Waals surface area contributed by atoms with E-state index in [-0.39, 0.29) is 23.0 Å². The number of aliphatic hydroxyl groups is 2. The highest BCUT2D eigenvalue weighted by atomic mass is 16.5. The molecular formula is C27H36O3. The third kappa shape index (κ3) is 3.00. The van der Waals surface area contributed by atoms with Crippen LogP contribution in [0.1, 0.15) is 64.4 Å². The highest BCUT2D eigenvalue weighted by molar-refractivity contribution is 5.56. The summed E-state index contributed by atoms with van der Waals surface area (Å²) in [5.74, 6) is 2.74. The predicted octanol–water partition coefficient (Wildman–Crippen LogP) is 5.37. The van der Waals surface area contributed by atoms with Crippen molar-refractivity contribution >= 4 is 6.08 Å². The summed E-state index contributed by atoms with van der Waals surface area (Å²) < 4.78 is 5.28. The van der Waals surface area contributed by atoms with Crippen LogP contribution in [-0.2, 0) is 0 Å². The van der Waals surface area contributed by atoms with Gasteiger partial charge >= 0.3 is 0 Å². The van der Waals surface area contributed by atoms with Crippen LogP contribution in [0.4, 0.5) is 0 Å². The summed E-state index contributed by atoms with van der Waals surface area (Å²) in [4.78, 5) is 0. The number of hydrogen-bond donors (Lipinski definition) is 2. The molecule has 7 atom stereocenters. The lowest BCUT2D eigenvalue weighted by atomic mass is 9.48. The maximum absolute atomic E-state index is 11.4. The Balaban J connectivity index is 1.44.